The highest BCUT2D eigenvalue weighted by molar-refractivity contribution is 14.0. The van der Waals surface area contributed by atoms with E-state index >= 15 is 0 Å². The second-order valence-corrected chi connectivity index (χ2v) is 7.91. The van der Waals surface area contributed by atoms with Crippen molar-refractivity contribution >= 4 is 29.9 Å². The van der Waals surface area contributed by atoms with Gasteiger partial charge in [-0.1, -0.05) is 30.3 Å². The molecule has 0 amide bonds. The van der Waals surface area contributed by atoms with E-state index in [0.29, 0.717) is 12.1 Å². The van der Waals surface area contributed by atoms with Crippen LogP contribution in [0.5, 0.6) is 0 Å². The van der Waals surface area contributed by atoms with Crippen molar-refractivity contribution in [2.45, 2.75) is 58.2 Å². The van der Waals surface area contributed by atoms with E-state index in [1.807, 2.05) is 7.05 Å². The molecule has 1 atom stereocenters. The lowest BCUT2D eigenvalue weighted by Gasteiger charge is -2.25. The summed E-state index contributed by atoms with van der Waals surface area (Å²) in [7, 11) is 4.06. The van der Waals surface area contributed by atoms with E-state index in [9.17, 15) is 0 Å². The molecule has 0 spiro atoms. The molecule has 2 rings (SSSR count). The van der Waals surface area contributed by atoms with E-state index in [2.05, 4.69) is 76.7 Å². The first kappa shape index (κ1) is 25.2. The summed E-state index contributed by atoms with van der Waals surface area (Å²) in [5.74, 6) is 0.929. The Bertz CT molecular complexity index is 549. The van der Waals surface area contributed by atoms with E-state index < -0.39 is 0 Å². The zero-order valence-electron chi connectivity index (χ0n) is 18.2. The van der Waals surface area contributed by atoms with E-state index in [0.717, 1.165) is 32.1 Å². The lowest BCUT2D eigenvalue weighted by molar-refractivity contribution is 0.245. The SMILES string of the molecule is CN=C(NCCCCN(C)C(C)C)NCC1CCCN1Cc1ccccc1.I. The summed E-state index contributed by atoms with van der Waals surface area (Å²) in [5, 5.41) is 6.99. The molecule has 0 aliphatic carbocycles. The minimum Gasteiger partial charge on any atom is -0.356 e. The number of hydrogen-bond donors (Lipinski definition) is 2. The van der Waals surface area contributed by atoms with Gasteiger partial charge in [0.1, 0.15) is 0 Å². The van der Waals surface area contributed by atoms with Crippen molar-refractivity contribution in [2.24, 2.45) is 4.99 Å². The Hall–Kier alpha value is -0.860. The first-order valence-electron chi connectivity index (χ1n) is 10.5. The number of unbranched alkanes of at least 4 members (excludes halogenated alkanes) is 1. The summed E-state index contributed by atoms with van der Waals surface area (Å²) in [6.07, 6.45) is 4.93. The van der Waals surface area contributed by atoms with Gasteiger partial charge in [-0.05, 0) is 65.2 Å². The lowest BCUT2D eigenvalue weighted by atomic mass is 10.2. The average molecular weight is 502 g/mol. The molecule has 28 heavy (non-hydrogen) atoms. The Morgan fingerprint density at radius 2 is 1.96 bits per heavy atom. The van der Waals surface area contributed by atoms with Gasteiger partial charge >= 0.3 is 0 Å². The zero-order valence-corrected chi connectivity index (χ0v) is 20.5. The molecule has 1 aliphatic heterocycles. The standard InChI is InChI=1S/C22H39N5.HI/c1-19(2)26(4)15-9-8-14-24-22(23-3)25-17-21-13-10-16-27(21)18-20-11-6-5-7-12-20;/h5-7,11-12,19,21H,8-10,13-18H2,1-4H3,(H2,23,24,25);1H. The Balaban J connectivity index is 0.00000392. The van der Waals surface area contributed by atoms with Crippen LogP contribution in [0.25, 0.3) is 0 Å². The van der Waals surface area contributed by atoms with Gasteiger partial charge in [0.15, 0.2) is 5.96 Å². The van der Waals surface area contributed by atoms with Gasteiger partial charge in [-0.25, -0.2) is 0 Å². The summed E-state index contributed by atoms with van der Waals surface area (Å²) < 4.78 is 0. The van der Waals surface area contributed by atoms with Crippen LogP contribution in [0.2, 0.25) is 0 Å². The van der Waals surface area contributed by atoms with Crippen molar-refractivity contribution in [1.29, 1.82) is 0 Å². The monoisotopic (exact) mass is 501 g/mol. The van der Waals surface area contributed by atoms with Crippen LogP contribution in [0.3, 0.4) is 0 Å². The zero-order chi connectivity index (χ0) is 19.5. The normalized spacial score (nSPS) is 17.8. The quantitative estimate of drug-likeness (QED) is 0.223. The van der Waals surface area contributed by atoms with Crippen LogP contribution in [-0.2, 0) is 6.54 Å². The molecular formula is C22H40IN5. The number of hydrogen-bond acceptors (Lipinski definition) is 3. The third-order valence-corrected chi connectivity index (χ3v) is 5.57. The lowest BCUT2D eigenvalue weighted by Crippen LogP contribution is -2.45. The molecule has 2 N–H and O–H groups in total. The molecule has 0 radical (unpaired) electrons. The summed E-state index contributed by atoms with van der Waals surface area (Å²) >= 11 is 0. The van der Waals surface area contributed by atoms with Crippen LogP contribution < -0.4 is 10.6 Å². The highest BCUT2D eigenvalue weighted by Crippen LogP contribution is 2.19. The minimum absolute atomic E-state index is 0. The molecular weight excluding hydrogens is 461 g/mol. The Morgan fingerprint density at radius 3 is 2.64 bits per heavy atom. The molecule has 0 aromatic heterocycles. The molecule has 0 bridgehead atoms. The molecule has 1 aliphatic rings. The Labute approximate surface area is 189 Å². The van der Waals surface area contributed by atoms with Gasteiger partial charge in [0.2, 0.25) is 0 Å². The van der Waals surface area contributed by atoms with Gasteiger partial charge in [0.05, 0.1) is 0 Å². The van der Waals surface area contributed by atoms with Gasteiger partial charge < -0.3 is 15.5 Å². The van der Waals surface area contributed by atoms with Gasteiger partial charge in [0.25, 0.3) is 0 Å². The van der Waals surface area contributed by atoms with Crippen LogP contribution in [0.15, 0.2) is 35.3 Å². The van der Waals surface area contributed by atoms with Gasteiger partial charge in [-0.2, -0.15) is 0 Å². The van der Waals surface area contributed by atoms with Crippen molar-refractivity contribution in [2.75, 3.05) is 40.3 Å². The number of benzene rings is 1. The fourth-order valence-electron chi connectivity index (χ4n) is 3.54. The Kier molecular flexibility index (Phi) is 12.7. The number of nitrogens with one attached hydrogen (secondary N) is 2. The number of rotatable bonds is 10. The Morgan fingerprint density at radius 1 is 1.21 bits per heavy atom. The predicted octanol–water partition coefficient (Wildman–Crippen LogP) is 3.55. The maximum atomic E-state index is 4.38. The molecule has 0 saturated carbocycles. The van der Waals surface area contributed by atoms with Crippen molar-refractivity contribution in [1.82, 2.24) is 20.4 Å². The first-order chi connectivity index (χ1) is 13.1. The fraction of sp³-hybridized carbons (Fsp3) is 0.682. The van der Waals surface area contributed by atoms with Crippen molar-refractivity contribution in [3.63, 3.8) is 0 Å². The number of guanidine groups is 1. The van der Waals surface area contributed by atoms with E-state index in [-0.39, 0.29) is 24.0 Å². The number of nitrogens with zero attached hydrogens (tertiary/aromatic N) is 3. The second kappa shape index (κ2) is 14.2. The summed E-state index contributed by atoms with van der Waals surface area (Å²) in [6, 6.07) is 12.0. The first-order valence-corrected chi connectivity index (χ1v) is 10.5. The third-order valence-electron chi connectivity index (χ3n) is 5.57. The second-order valence-electron chi connectivity index (χ2n) is 7.91. The third kappa shape index (κ3) is 9.09. The van der Waals surface area contributed by atoms with Crippen molar-refractivity contribution in [3.8, 4) is 0 Å². The minimum atomic E-state index is 0. The molecule has 1 aromatic carbocycles. The van der Waals surface area contributed by atoms with Crippen LogP contribution >= 0.6 is 24.0 Å². The van der Waals surface area contributed by atoms with Gasteiger partial charge in [-0.3, -0.25) is 9.89 Å². The van der Waals surface area contributed by atoms with Gasteiger partial charge in [-0.15, -0.1) is 24.0 Å². The molecule has 1 heterocycles. The summed E-state index contributed by atoms with van der Waals surface area (Å²) in [5.41, 5.74) is 1.40. The molecule has 1 saturated heterocycles. The molecule has 1 fully saturated rings. The molecule has 5 nitrogen and oxygen atoms in total. The van der Waals surface area contributed by atoms with Crippen LogP contribution in [0, 0.1) is 0 Å². The highest BCUT2D eigenvalue weighted by Gasteiger charge is 2.24. The number of halogens is 1. The topological polar surface area (TPSA) is 42.9 Å². The molecule has 1 aromatic rings. The number of likely N-dealkylation sites (tertiary alicyclic amines) is 1. The number of aliphatic imine (C=N–C) groups is 1. The van der Waals surface area contributed by atoms with Crippen LogP contribution in [0.4, 0.5) is 0 Å². The highest BCUT2D eigenvalue weighted by atomic mass is 127. The van der Waals surface area contributed by atoms with Crippen molar-refractivity contribution in [3.05, 3.63) is 35.9 Å². The smallest absolute Gasteiger partial charge is 0.191 e. The van der Waals surface area contributed by atoms with Gasteiger partial charge in [0, 0.05) is 38.8 Å². The van der Waals surface area contributed by atoms with Crippen LogP contribution in [-0.4, -0.2) is 68.1 Å². The molecule has 1 unspecified atom stereocenters. The summed E-state index contributed by atoms with van der Waals surface area (Å²) in [6.45, 7) is 9.82. The fourth-order valence-corrected chi connectivity index (χ4v) is 3.54. The maximum Gasteiger partial charge on any atom is 0.191 e. The largest absolute Gasteiger partial charge is 0.356 e. The maximum absolute atomic E-state index is 4.38. The summed E-state index contributed by atoms with van der Waals surface area (Å²) in [4.78, 5) is 9.38. The predicted molar refractivity (Wildman–Crippen MR) is 132 cm³/mol. The van der Waals surface area contributed by atoms with E-state index in [4.69, 9.17) is 0 Å². The van der Waals surface area contributed by atoms with E-state index in [1.165, 1.54) is 37.8 Å². The van der Waals surface area contributed by atoms with Crippen LogP contribution in [0.1, 0.15) is 45.1 Å². The molecule has 6 heteroatoms. The molecule has 160 valence electrons. The van der Waals surface area contributed by atoms with E-state index in [1.54, 1.807) is 0 Å². The van der Waals surface area contributed by atoms with Crippen molar-refractivity contribution < 1.29 is 0 Å². The average Bonchev–Trinajstić information content (AvgIpc) is 3.11.